The molecule has 0 unspecified atom stereocenters. The van der Waals surface area contributed by atoms with Crippen LogP contribution in [0.4, 0.5) is 0 Å². The number of aromatic nitrogens is 3. The van der Waals surface area contributed by atoms with Crippen molar-refractivity contribution in [2.24, 2.45) is 7.05 Å². The highest BCUT2D eigenvalue weighted by Crippen LogP contribution is 2.28. The molecule has 0 spiro atoms. The number of hydrogen-bond donors (Lipinski definition) is 0. The van der Waals surface area contributed by atoms with Crippen LogP contribution in [0.15, 0.2) is 29.0 Å². The van der Waals surface area contributed by atoms with Gasteiger partial charge >= 0.3 is 6.01 Å². The van der Waals surface area contributed by atoms with E-state index in [1.54, 1.807) is 36.3 Å². The minimum atomic E-state index is 0.271. The third-order valence-corrected chi connectivity index (χ3v) is 2.46. The summed E-state index contributed by atoms with van der Waals surface area (Å²) in [5, 5.41) is 12.7. The van der Waals surface area contributed by atoms with Crippen molar-refractivity contribution in [2.45, 2.75) is 0 Å². The van der Waals surface area contributed by atoms with Gasteiger partial charge in [-0.3, -0.25) is 4.68 Å². The van der Waals surface area contributed by atoms with Crippen LogP contribution in [0.3, 0.4) is 0 Å². The van der Waals surface area contributed by atoms with E-state index in [-0.39, 0.29) is 6.01 Å². The molecule has 1 aromatic heterocycles. The second-order valence-electron chi connectivity index (χ2n) is 3.06. The van der Waals surface area contributed by atoms with Crippen LogP contribution in [0.5, 0.6) is 11.8 Å². The summed E-state index contributed by atoms with van der Waals surface area (Å²) >= 11 is 3.31. The van der Waals surface area contributed by atoms with Gasteiger partial charge in [0.05, 0.1) is 16.1 Å². The number of nitrogens with zero attached hydrogens (tertiary/aromatic N) is 4. The zero-order valence-electron chi connectivity index (χ0n) is 8.38. The van der Waals surface area contributed by atoms with Gasteiger partial charge in [-0.05, 0) is 34.1 Å². The lowest BCUT2D eigenvalue weighted by molar-refractivity contribution is 0.436. The molecule has 0 amide bonds. The number of aryl methyl sites for hydroxylation is 1. The van der Waals surface area contributed by atoms with Crippen molar-refractivity contribution >= 4 is 15.9 Å². The zero-order valence-corrected chi connectivity index (χ0v) is 9.97. The molecular formula is C10H7BrN4O. The van der Waals surface area contributed by atoms with Crippen molar-refractivity contribution in [3.05, 3.63) is 34.6 Å². The molecule has 6 heteroatoms. The highest BCUT2D eigenvalue weighted by Gasteiger charge is 2.06. The van der Waals surface area contributed by atoms with Gasteiger partial charge in [0.15, 0.2) is 0 Å². The lowest BCUT2D eigenvalue weighted by Gasteiger charge is -2.03. The van der Waals surface area contributed by atoms with Crippen molar-refractivity contribution in [3.8, 4) is 17.8 Å². The van der Waals surface area contributed by atoms with Crippen LogP contribution in [0.1, 0.15) is 5.56 Å². The van der Waals surface area contributed by atoms with Crippen molar-refractivity contribution in [3.63, 3.8) is 0 Å². The number of halogens is 1. The molecule has 0 atom stereocenters. The Labute approximate surface area is 100 Å². The summed E-state index contributed by atoms with van der Waals surface area (Å²) in [6, 6.07) is 7.36. The Balaban J connectivity index is 2.26. The lowest BCUT2D eigenvalue weighted by atomic mass is 10.2. The zero-order chi connectivity index (χ0) is 11.5. The number of benzene rings is 1. The Kier molecular flexibility index (Phi) is 2.88. The summed E-state index contributed by atoms with van der Waals surface area (Å²) in [6.45, 7) is 0. The van der Waals surface area contributed by atoms with Crippen LogP contribution in [0.25, 0.3) is 0 Å². The molecule has 0 aliphatic heterocycles. The molecule has 1 heterocycles. The quantitative estimate of drug-likeness (QED) is 0.845. The van der Waals surface area contributed by atoms with Crippen LogP contribution in [-0.2, 0) is 7.05 Å². The second kappa shape index (κ2) is 4.33. The van der Waals surface area contributed by atoms with Gasteiger partial charge < -0.3 is 4.74 Å². The molecule has 16 heavy (non-hydrogen) atoms. The van der Waals surface area contributed by atoms with Crippen molar-refractivity contribution < 1.29 is 4.74 Å². The maximum absolute atomic E-state index is 8.71. The van der Waals surface area contributed by atoms with Crippen LogP contribution >= 0.6 is 15.9 Å². The average molecular weight is 279 g/mol. The van der Waals surface area contributed by atoms with Crippen molar-refractivity contribution in [1.29, 1.82) is 5.26 Å². The first-order valence-electron chi connectivity index (χ1n) is 4.42. The Bertz CT molecular complexity index is 558. The number of rotatable bonds is 2. The second-order valence-corrected chi connectivity index (χ2v) is 3.91. The molecule has 0 radical (unpaired) electrons. The normalized spacial score (nSPS) is 9.81. The molecule has 1 aromatic carbocycles. The Morgan fingerprint density at radius 1 is 1.50 bits per heavy atom. The minimum Gasteiger partial charge on any atom is -0.422 e. The van der Waals surface area contributed by atoms with Gasteiger partial charge in [0, 0.05) is 7.05 Å². The summed E-state index contributed by atoms with van der Waals surface area (Å²) in [5.41, 5.74) is 0.563. The van der Waals surface area contributed by atoms with Crippen LogP contribution < -0.4 is 4.74 Å². The smallest absolute Gasteiger partial charge is 0.341 e. The maximum Gasteiger partial charge on any atom is 0.341 e. The number of nitriles is 1. The van der Waals surface area contributed by atoms with E-state index in [4.69, 9.17) is 10.00 Å². The summed E-state index contributed by atoms with van der Waals surface area (Å²) in [7, 11) is 1.76. The monoisotopic (exact) mass is 278 g/mol. The fraction of sp³-hybridized carbons (Fsp3) is 0.100. The number of ether oxygens (including phenoxy) is 1. The summed E-state index contributed by atoms with van der Waals surface area (Å²) in [4.78, 5) is 3.94. The molecule has 2 aromatic rings. The van der Waals surface area contributed by atoms with E-state index >= 15 is 0 Å². The van der Waals surface area contributed by atoms with Crippen LogP contribution in [-0.4, -0.2) is 14.8 Å². The number of hydrogen-bond acceptors (Lipinski definition) is 4. The fourth-order valence-corrected chi connectivity index (χ4v) is 1.58. The SMILES string of the molecule is Cn1cnc(Oc2ccc(C#N)cc2Br)n1. The molecule has 0 bridgehead atoms. The molecule has 0 fully saturated rings. The maximum atomic E-state index is 8.71. The predicted molar refractivity (Wildman–Crippen MR) is 59.9 cm³/mol. The molecule has 5 nitrogen and oxygen atoms in total. The highest BCUT2D eigenvalue weighted by atomic mass is 79.9. The molecule has 0 saturated carbocycles. The van der Waals surface area contributed by atoms with E-state index < -0.39 is 0 Å². The van der Waals surface area contributed by atoms with E-state index in [9.17, 15) is 0 Å². The highest BCUT2D eigenvalue weighted by molar-refractivity contribution is 9.10. The van der Waals surface area contributed by atoms with Gasteiger partial charge in [0.25, 0.3) is 0 Å². The molecule has 0 aliphatic rings. The van der Waals surface area contributed by atoms with E-state index in [1.807, 2.05) is 6.07 Å². The fourth-order valence-electron chi connectivity index (χ4n) is 1.12. The van der Waals surface area contributed by atoms with E-state index in [2.05, 4.69) is 26.0 Å². The third kappa shape index (κ3) is 2.20. The predicted octanol–water partition coefficient (Wildman–Crippen LogP) is 2.24. The first kappa shape index (κ1) is 10.6. The van der Waals surface area contributed by atoms with E-state index in [0.29, 0.717) is 15.8 Å². The van der Waals surface area contributed by atoms with Crippen molar-refractivity contribution in [1.82, 2.24) is 14.8 Å². The summed E-state index contributed by atoms with van der Waals surface area (Å²) in [6.07, 6.45) is 1.55. The van der Waals surface area contributed by atoms with Crippen LogP contribution in [0.2, 0.25) is 0 Å². The van der Waals surface area contributed by atoms with E-state index in [0.717, 1.165) is 0 Å². The molecular weight excluding hydrogens is 272 g/mol. The topological polar surface area (TPSA) is 63.7 Å². The summed E-state index contributed by atoms with van der Waals surface area (Å²) in [5.74, 6) is 0.574. The van der Waals surface area contributed by atoms with Crippen LogP contribution in [0, 0.1) is 11.3 Å². The van der Waals surface area contributed by atoms with Gasteiger partial charge in [-0.1, -0.05) is 0 Å². The average Bonchev–Trinajstić information content (AvgIpc) is 2.67. The molecule has 0 N–H and O–H groups in total. The van der Waals surface area contributed by atoms with Gasteiger partial charge in [-0.2, -0.15) is 10.2 Å². The Hall–Kier alpha value is -1.87. The Morgan fingerprint density at radius 2 is 2.31 bits per heavy atom. The largest absolute Gasteiger partial charge is 0.422 e. The van der Waals surface area contributed by atoms with Gasteiger partial charge in [0.1, 0.15) is 12.1 Å². The van der Waals surface area contributed by atoms with E-state index in [1.165, 1.54) is 0 Å². The first-order valence-corrected chi connectivity index (χ1v) is 5.21. The van der Waals surface area contributed by atoms with Crippen molar-refractivity contribution in [2.75, 3.05) is 0 Å². The summed E-state index contributed by atoms with van der Waals surface area (Å²) < 4.78 is 7.67. The van der Waals surface area contributed by atoms with Gasteiger partial charge in [-0.25, -0.2) is 0 Å². The molecule has 0 aliphatic carbocycles. The Morgan fingerprint density at radius 3 is 2.88 bits per heavy atom. The molecule has 2 rings (SSSR count). The lowest BCUT2D eigenvalue weighted by Crippen LogP contribution is -1.91. The van der Waals surface area contributed by atoms with Gasteiger partial charge in [0.2, 0.25) is 0 Å². The molecule has 0 saturated heterocycles. The standard InChI is InChI=1S/C10H7BrN4O/c1-15-6-13-10(14-15)16-9-3-2-7(5-12)4-8(9)11/h2-4,6H,1H3. The van der Waals surface area contributed by atoms with Gasteiger partial charge in [-0.15, -0.1) is 5.10 Å². The molecule has 80 valence electrons. The third-order valence-electron chi connectivity index (χ3n) is 1.84. The minimum absolute atomic E-state index is 0.271. The first-order chi connectivity index (χ1) is 7.69.